The third-order valence-corrected chi connectivity index (χ3v) is 15.0. The van der Waals surface area contributed by atoms with Crippen LogP contribution in [0.5, 0.6) is 0 Å². The molecule has 1 amide bonds. The van der Waals surface area contributed by atoms with E-state index in [-0.39, 0.29) is 18.5 Å². The number of aliphatic hydroxyl groups is 2. The molecule has 0 aliphatic rings. The zero-order valence-corrected chi connectivity index (χ0v) is 48.0. The molecule has 0 saturated heterocycles. The molecule has 0 aliphatic heterocycles. The molecule has 2 atom stereocenters. The Labute approximate surface area is 443 Å². The van der Waals surface area contributed by atoms with E-state index in [2.05, 4.69) is 43.5 Å². The first-order valence-corrected chi connectivity index (χ1v) is 32.1. The Morgan fingerprint density at radius 2 is 0.662 bits per heavy atom. The summed E-state index contributed by atoms with van der Waals surface area (Å²) in [6.45, 7) is 4.94. The topological polar surface area (TPSA) is 95.9 Å². The fourth-order valence-corrected chi connectivity index (χ4v) is 10.0. The Morgan fingerprint density at radius 1 is 0.380 bits per heavy atom. The normalized spacial score (nSPS) is 12.7. The van der Waals surface area contributed by atoms with E-state index < -0.39 is 12.1 Å². The van der Waals surface area contributed by atoms with Gasteiger partial charge in [0.25, 0.3) is 0 Å². The molecular formula is C65H125NO5. The number of hydrogen-bond acceptors (Lipinski definition) is 5. The lowest BCUT2D eigenvalue weighted by Crippen LogP contribution is -2.45. The number of carbonyl (C=O) groups is 2. The maximum atomic E-state index is 12.4. The molecule has 0 aromatic carbocycles. The first kappa shape index (κ1) is 69.3. The average Bonchev–Trinajstić information content (AvgIpc) is 3.37. The van der Waals surface area contributed by atoms with Gasteiger partial charge in [0.15, 0.2) is 0 Å². The fraction of sp³-hybridized carbons (Fsp3) is 0.908. The van der Waals surface area contributed by atoms with E-state index in [1.165, 1.54) is 276 Å². The van der Waals surface area contributed by atoms with Crippen LogP contribution in [0.3, 0.4) is 0 Å². The van der Waals surface area contributed by atoms with Crippen molar-refractivity contribution < 1.29 is 24.5 Å². The van der Waals surface area contributed by atoms with E-state index >= 15 is 0 Å². The molecule has 0 rings (SSSR count). The van der Waals surface area contributed by atoms with Crippen molar-refractivity contribution in [3.05, 3.63) is 24.3 Å². The van der Waals surface area contributed by atoms with Gasteiger partial charge in [-0.15, -0.1) is 0 Å². The first-order valence-electron chi connectivity index (χ1n) is 32.1. The predicted molar refractivity (Wildman–Crippen MR) is 310 cm³/mol. The lowest BCUT2D eigenvalue weighted by Gasteiger charge is -2.22. The number of rotatable bonds is 60. The predicted octanol–water partition coefficient (Wildman–Crippen LogP) is 20.2. The SMILES string of the molecule is CCCCCCCC/C=C\CCCCCCCC(=O)OCCCCCCCCCCCCCC/C=C\CCCCCCCCCCCCCCCCC(=O)NC(CO)C(O)CCCCCCCCCCC. The van der Waals surface area contributed by atoms with E-state index in [0.29, 0.717) is 25.9 Å². The summed E-state index contributed by atoms with van der Waals surface area (Å²) in [5.74, 6) is -0.0254. The molecule has 0 spiro atoms. The molecule has 3 N–H and O–H groups in total. The zero-order chi connectivity index (χ0) is 51.4. The number of aliphatic hydroxyl groups excluding tert-OH is 2. The highest BCUT2D eigenvalue weighted by atomic mass is 16.5. The molecule has 71 heavy (non-hydrogen) atoms. The number of hydrogen-bond donors (Lipinski definition) is 3. The van der Waals surface area contributed by atoms with Crippen molar-refractivity contribution in [2.75, 3.05) is 13.2 Å². The van der Waals surface area contributed by atoms with E-state index in [1.54, 1.807) is 0 Å². The summed E-state index contributed by atoms with van der Waals surface area (Å²) in [4.78, 5) is 24.5. The van der Waals surface area contributed by atoms with Gasteiger partial charge in [-0.25, -0.2) is 0 Å². The molecule has 6 nitrogen and oxygen atoms in total. The van der Waals surface area contributed by atoms with Crippen LogP contribution in [-0.4, -0.2) is 47.4 Å². The van der Waals surface area contributed by atoms with Gasteiger partial charge in [-0.05, 0) is 77.0 Å². The highest BCUT2D eigenvalue weighted by molar-refractivity contribution is 5.76. The smallest absolute Gasteiger partial charge is 0.305 e. The van der Waals surface area contributed by atoms with Crippen molar-refractivity contribution in [3.63, 3.8) is 0 Å². The number of ether oxygens (including phenoxy) is 1. The Hall–Kier alpha value is -1.66. The quantitative estimate of drug-likeness (QED) is 0.0320. The molecular weight excluding hydrogens is 875 g/mol. The zero-order valence-electron chi connectivity index (χ0n) is 48.0. The molecule has 0 radical (unpaired) electrons. The second-order valence-electron chi connectivity index (χ2n) is 22.1. The van der Waals surface area contributed by atoms with Crippen molar-refractivity contribution in [1.82, 2.24) is 5.32 Å². The molecule has 0 aromatic heterocycles. The van der Waals surface area contributed by atoms with Crippen LogP contribution in [0, 0.1) is 0 Å². The molecule has 2 unspecified atom stereocenters. The summed E-state index contributed by atoms with van der Waals surface area (Å²) in [5.41, 5.74) is 0. The number of unbranched alkanes of at least 4 members (excludes halogenated alkanes) is 45. The minimum atomic E-state index is -0.660. The monoisotopic (exact) mass is 1000 g/mol. The molecule has 0 heterocycles. The van der Waals surface area contributed by atoms with Crippen molar-refractivity contribution in [2.45, 2.75) is 366 Å². The van der Waals surface area contributed by atoms with E-state index in [4.69, 9.17) is 4.74 Å². The number of nitrogens with one attached hydrogen (secondary N) is 1. The van der Waals surface area contributed by atoms with Crippen molar-refractivity contribution in [2.24, 2.45) is 0 Å². The molecule has 6 heteroatoms. The fourth-order valence-electron chi connectivity index (χ4n) is 10.0. The highest BCUT2D eigenvalue weighted by Crippen LogP contribution is 2.18. The number of allylic oxidation sites excluding steroid dienone is 4. The number of amides is 1. The maximum absolute atomic E-state index is 12.4. The van der Waals surface area contributed by atoms with Gasteiger partial charge in [0.2, 0.25) is 5.91 Å². The largest absolute Gasteiger partial charge is 0.466 e. The second-order valence-corrected chi connectivity index (χ2v) is 22.1. The van der Waals surface area contributed by atoms with E-state index in [0.717, 1.165) is 44.9 Å². The number of carbonyl (C=O) groups excluding carboxylic acids is 2. The highest BCUT2D eigenvalue weighted by Gasteiger charge is 2.20. The standard InChI is InChI=1S/C65H125NO5/c1-3-5-7-9-11-13-14-15-32-36-39-43-47-51-55-59-65(70)71-60-56-52-48-44-40-37-34-31-29-27-25-23-21-19-17-16-18-20-22-24-26-28-30-33-35-38-42-46-50-54-58-64(69)66-62(61-67)63(68)57-53-49-45-41-12-10-8-6-4-2/h15,17,19,32,62-63,67-68H,3-14,16,18,20-31,33-61H2,1-2H3,(H,66,69)/b19-17-,32-15-. The van der Waals surface area contributed by atoms with E-state index in [9.17, 15) is 19.8 Å². The Bertz CT molecular complexity index is 1110. The van der Waals surface area contributed by atoms with Crippen LogP contribution in [0.4, 0.5) is 0 Å². The van der Waals surface area contributed by atoms with Gasteiger partial charge in [0.1, 0.15) is 0 Å². The van der Waals surface area contributed by atoms with Gasteiger partial charge in [-0.2, -0.15) is 0 Å². The molecule has 0 aromatic rings. The molecule has 0 bridgehead atoms. The van der Waals surface area contributed by atoms with Crippen LogP contribution >= 0.6 is 0 Å². The van der Waals surface area contributed by atoms with Gasteiger partial charge >= 0.3 is 5.97 Å². The van der Waals surface area contributed by atoms with Gasteiger partial charge in [-0.1, -0.05) is 289 Å². The van der Waals surface area contributed by atoms with Crippen molar-refractivity contribution in [1.29, 1.82) is 0 Å². The molecule has 0 aliphatic carbocycles. The molecule has 0 fully saturated rings. The molecule has 420 valence electrons. The van der Waals surface area contributed by atoms with Gasteiger partial charge < -0.3 is 20.3 Å². The van der Waals surface area contributed by atoms with E-state index in [1.807, 2.05) is 0 Å². The summed E-state index contributed by atoms with van der Waals surface area (Å²) < 4.78 is 5.49. The molecule has 0 saturated carbocycles. The first-order chi connectivity index (χ1) is 35.0. The Balaban J connectivity index is 3.33. The third kappa shape index (κ3) is 57.5. The minimum Gasteiger partial charge on any atom is -0.466 e. The second kappa shape index (κ2) is 60.9. The maximum Gasteiger partial charge on any atom is 0.305 e. The summed E-state index contributed by atoms with van der Waals surface area (Å²) in [5, 5.41) is 23.1. The van der Waals surface area contributed by atoms with Gasteiger partial charge in [-0.3, -0.25) is 9.59 Å². The summed E-state index contributed by atoms with van der Waals surface area (Å²) in [6, 6.07) is -0.538. The Morgan fingerprint density at radius 3 is 1.00 bits per heavy atom. The van der Waals surface area contributed by atoms with Gasteiger partial charge in [0, 0.05) is 12.8 Å². The lowest BCUT2D eigenvalue weighted by atomic mass is 10.0. The van der Waals surface area contributed by atoms with Crippen molar-refractivity contribution in [3.8, 4) is 0 Å². The lowest BCUT2D eigenvalue weighted by molar-refractivity contribution is -0.143. The van der Waals surface area contributed by atoms with Crippen molar-refractivity contribution >= 4 is 11.9 Å². The average molecular weight is 1000 g/mol. The van der Waals surface area contributed by atoms with Crippen LogP contribution in [0.2, 0.25) is 0 Å². The van der Waals surface area contributed by atoms with Crippen LogP contribution < -0.4 is 5.32 Å². The third-order valence-electron chi connectivity index (χ3n) is 15.0. The van der Waals surface area contributed by atoms with Gasteiger partial charge in [0.05, 0.1) is 25.4 Å². The Kier molecular flexibility index (Phi) is 59.5. The van der Waals surface area contributed by atoms with Crippen LogP contribution in [0.25, 0.3) is 0 Å². The van der Waals surface area contributed by atoms with Crippen LogP contribution in [0.1, 0.15) is 354 Å². The summed E-state index contributed by atoms with van der Waals surface area (Å²) >= 11 is 0. The van der Waals surface area contributed by atoms with Crippen LogP contribution in [0.15, 0.2) is 24.3 Å². The minimum absolute atomic E-state index is 0.00937. The number of esters is 1. The summed E-state index contributed by atoms with van der Waals surface area (Å²) in [7, 11) is 0. The summed E-state index contributed by atoms with van der Waals surface area (Å²) in [6.07, 6.45) is 75.0. The van der Waals surface area contributed by atoms with Crippen LogP contribution in [-0.2, 0) is 14.3 Å².